The lowest BCUT2D eigenvalue weighted by Crippen LogP contribution is -2.31. The number of likely N-dealkylation sites (N-methyl/N-ethyl adjacent to an activating group) is 1. The van der Waals surface area contributed by atoms with Gasteiger partial charge < -0.3 is 9.47 Å². The van der Waals surface area contributed by atoms with Crippen LogP contribution in [0.25, 0.3) is 0 Å². The van der Waals surface area contributed by atoms with Gasteiger partial charge in [0.15, 0.2) is 0 Å². The van der Waals surface area contributed by atoms with Gasteiger partial charge in [0, 0.05) is 42.7 Å². The molecule has 0 spiro atoms. The number of methoxy groups -OCH3 is 2. The Morgan fingerprint density at radius 2 is 2.00 bits per heavy atom. The van der Waals surface area contributed by atoms with Crippen molar-refractivity contribution in [3.63, 3.8) is 0 Å². The zero-order valence-corrected chi connectivity index (χ0v) is 14.4. The van der Waals surface area contributed by atoms with Gasteiger partial charge in [0.25, 0.3) is 0 Å². The fourth-order valence-electron chi connectivity index (χ4n) is 2.35. The normalized spacial score (nSPS) is 12.3. The molecule has 23 heavy (non-hydrogen) atoms. The van der Waals surface area contributed by atoms with E-state index < -0.39 is 0 Å². The van der Waals surface area contributed by atoms with E-state index in [9.17, 15) is 0 Å². The molecule has 0 aromatic carbocycles. The molecule has 0 fully saturated rings. The van der Waals surface area contributed by atoms with E-state index >= 15 is 0 Å². The molecule has 0 amide bonds. The van der Waals surface area contributed by atoms with Gasteiger partial charge in [-0.15, -0.1) is 0 Å². The maximum absolute atomic E-state index is 5.33. The van der Waals surface area contributed by atoms with Gasteiger partial charge in [-0.3, -0.25) is 9.88 Å². The molecule has 1 atom stereocenters. The molecule has 0 saturated heterocycles. The van der Waals surface area contributed by atoms with Gasteiger partial charge in [0.05, 0.1) is 14.2 Å². The molecule has 0 radical (unpaired) electrons. The van der Waals surface area contributed by atoms with E-state index in [1.807, 2.05) is 12.3 Å². The molecule has 2 aromatic rings. The van der Waals surface area contributed by atoms with Crippen LogP contribution in [0.5, 0.6) is 11.9 Å². The average Bonchev–Trinajstić information content (AvgIpc) is 2.55. The van der Waals surface area contributed by atoms with Gasteiger partial charge in [-0.2, -0.15) is 4.98 Å². The van der Waals surface area contributed by atoms with E-state index in [0.29, 0.717) is 24.5 Å². The van der Waals surface area contributed by atoms with Crippen molar-refractivity contribution >= 4 is 0 Å². The summed E-state index contributed by atoms with van der Waals surface area (Å²) >= 11 is 0. The monoisotopic (exact) mass is 316 g/mol. The van der Waals surface area contributed by atoms with Gasteiger partial charge in [-0.1, -0.05) is 0 Å². The lowest BCUT2D eigenvalue weighted by molar-refractivity contribution is 0.240. The Balaban J connectivity index is 2.04. The van der Waals surface area contributed by atoms with Crippen LogP contribution in [0.4, 0.5) is 0 Å². The van der Waals surface area contributed by atoms with Crippen molar-refractivity contribution in [1.29, 1.82) is 0 Å². The van der Waals surface area contributed by atoms with Crippen LogP contribution in [0, 0.1) is 6.92 Å². The van der Waals surface area contributed by atoms with E-state index in [0.717, 1.165) is 17.7 Å². The Bertz CT molecular complexity index is 648. The van der Waals surface area contributed by atoms with Crippen LogP contribution >= 0.6 is 0 Å². The standard InChI is InChI=1S/C17H24N4O2/c1-12-6-7-18-15(8-12)9-13(2)21(3)11-14-10-19-17(23-5)20-16(14)22-4/h6-8,10,13H,9,11H2,1-5H3/t13-/m1/s1. The molecule has 0 unspecified atom stereocenters. The summed E-state index contributed by atoms with van der Waals surface area (Å²) in [7, 11) is 5.22. The predicted octanol–water partition coefficient (Wildman–Crippen LogP) is 2.26. The minimum absolute atomic E-state index is 0.310. The molecule has 0 aliphatic heterocycles. The summed E-state index contributed by atoms with van der Waals surface area (Å²) in [6, 6.07) is 4.78. The van der Waals surface area contributed by atoms with E-state index in [-0.39, 0.29) is 0 Å². The van der Waals surface area contributed by atoms with Crippen molar-refractivity contribution in [2.75, 3.05) is 21.3 Å². The summed E-state index contributed by atoms with van der Waals surface area (Å²) in [5.41, 5.74) is 3.26. The van der Waals surface area contributed by atoms with Crippen LogP contribution in [-0.4, -0.2) is 47.2 Å². The molecule has 2 aromatic heterocycles. The largest absolute Gasteiger partial charge is 0.481 e. The molecular weight excluding hydrogens is 292 g/mol. The van der Waals surface area contributed by atoms with Crippen molar-refractivity contribution in [2.45, 2.75) is 32.9 Å². The minimum Gasteiger partial charge on any atom is -0.481 e. The summed E-state index contributed by atoms with van der Waals surface area (Å²) in [6.07, 6.45) is 4.49. The number of aromatic nitrogens is 3. The topological polar surface area (TPSA) is 60.4 Å². The molecule has 6 nitrogen and oxygen atoms in total. The number of rotatable bonds is 7. The van der Waals surface area contributed by atoms with Crippen LogP contribution in [0.2, 0.25) is 0 Å². The molecule has 0 N–H and O–H groups in total. The lowest BCUT2D eigenvalue weighted by Gasteiger charge is -2.25. The first-order chi connectivity index (χ1) is 11.0. The Hall–Kier alpha value is -2.21. The molecular formula is C17H24N4O2. The first-order valence-corrected chi connectivity index (χ1v) is 7.59. The quantitative estimate of drug-likeness (QED) is 0.781. The average molecular weight is 316 g/mol. The molecule has 2 heterocycles. The summed E-state index contributed by atoms with van der Waals surface area (Å²) in [6.45, 7) is 4.96. The Kier molecular flexibility index (Phi) is 5.87. The second kappa shape index (κ2) is 7.87. The Morgan fingerprint density at radius 1 is 1.22 bits per heavy atom. The van der Waals surface area contributed by atoms with E-state index in [1.54, 1.807) is 13.3 Å². The highest BCUT2D eigenvalue weighted by molar-refractivity contribution is 5.25. The number of ether oxygens (including phenoxy) is 2. The molecule has 124 valence electrons. The zero-order valence-electron chi connectivity index (χ0n) is 14.4. The van der Waals surface area contributed by atoms with E-state index in [2.05, 4.69) is 46.8 Å². The number of hydrogen-bond donors (Lipinski definition) is 0. The summed E-state index contributed by atoms with van der Waals surface area (Å²) in [5, 5.41) is 0. The van der Waals surface area contributed by atoms with Crippen LogP contribution in [0.3, 0.4) is 0 Å². The lowest BCUT2D eigenvalue weighted by atomic mass is 10.1. The number of nitrogens with zero attached hydrogens (tertiary/aromatic N) is 4. The Labute approximate surface area is 137 Å². The summed E-state index contributed by atoms with van der Waals surface area (Å²) in [5.74, 6) is 0.546. The van der Waals surface area contributed by atoms with E-state index in [1.165, 1.54) is 12.7 Å². The zero-order chi connectivity index (χ0) is 16.8. The minimum atomic E-state index is 0.310. The number of pyridine rings is 1. The first-order valence-electron chi connectivity index (χ1n) is 7.59. The highest BCUT2D eigenvalue weighted by Gasteiger charge is 2.15. The van der Waals surface area contributed by atoms with Crippen molar-refractivity contribution < 1.29 is 9.47 Å². The van der Waals surface area contributed by atoms with Crippen LogP contribution in [0.1, 0.15) is 23.7 Å². The van der Waals surface area contributed by atoms with Crippen molar-refractivity contribution in [2.24, 2.45) is 0 Å². The van der Waals surface area contributed by atoms with Crippen LogP contribution in [-0.2, 0) is 13.0 Å². The predicted molar refractivity (Wildman–Crippen MR) is 88.7 cm³/mol. The van der Waals surface area contributed by atoms with Crippen LogP contribution < -0.4 is 9.47 Å². The molecule has 0 bridgehead atoms. The smallest absolute Gasteiger partial charge is 0.319 e. The van der Waals surface area contributed by atoms with Gasteiger partial charge in [0.2, 0.25) is 5.88 Å². The maximum atomic E-state index is 5.33. The number of aryl methyl sites for hydroxylation is 1. The van der Waals surface area contributed by atoms with E-state index in [4.69, 9.17) is 9.47 Å². The van der Waals surface area contributed by atoms with Gasteiger partial charge >= 0.3 is 6.01 Å². The maximum Gasteiger partial charge on any atom is 0.319 e. The molecule has 0 aliphatic rings. The highest BCUT2D eigenvalue weighted by Crippen LogP contribution is 2.20. The molecule has 0 saturated carbocycles. The third-order valence-electron chi connectivity index (χ3n) is 3.83. The fourth-order valence-corrected chi connectivity index (χ4v) is 2.35. The molecule has 6 heteroatoms. The summed E-state index contributed by atoms with van der Waals surface area (Å²) in [4.78, 5) is 15.1. The second-order valence-electron chi connectivity index (χ2n) is 5.68. The van der Waals surface area contributed by atoms with Gasteiger partial charge in [-0.05, 0) is 38.6 Å². The fraction of sp³-hybridized carbons (Fsp3) is 0.471. The third kappa shape index (κ3) is 4.63. The summed E-state index contributed by atoms with van der Waals surface area (Å²) < 4.78 is 10.4. The van der Waals surface area contributed by atoms with Gasteiger partial charge in [0.1, 0.15) is 0 Å². The van der Waals surface area contributed by atoms with Gasteiger partial charge in [-0.25, -0.2) is 4.98 Å². The Morgan fingerprint density at radius 3 is 2.65 bits per heavy atom. The van der Waals surface area contributed by atoms with Crippen molar-refractivity contribution in [1.82, 2.24) is 19.9 Å². The van der Waals surface area contributed by atoms with Crippen molar-refractivity contribution in [3.05, 3.63) is 41.3 Å². The molecule has 2 rings (SSSR count). The second-order valence-corrected chi connectivity index (χ2v) is 5.68. The first kappa shape index (κ1) is 17.1. The van der Waals surface area contributed by atoms with Crippen molar-refractivity contribution in [3.8, 4) is 11.9 Å². The SMILES string of the molecule is COc1ncc(CN(C)[C@H](C)Cc2cc(C)ccn2)c(OC)n1. The highest BCUT2D eigenvalue weighted by atomic mass is 16.5. The van der Waals surface area contributed by atoms with Crippen LogP contribution in [0.15, 0.2) is 24.5 Å². The molecule has 0 aliphatic carbocycles. The number of hydrogen-bond acceptors (Lipinski definition) is 6. The third-order valence-corrected chi connectivity index (χ3v) is 3.83.